The summed E-state index contributed by atoms with van der Waals surface area (Å²) in [5.74, 6) is 0.0937. The van der Waals surface area contributed by atoms with E-state index in [-0.39, 0.29) is 18.6 Å². The van der Waals surface area contributed by atoms with Crippen LogP contribution in [0.5, 0.6) is 0 Å². The number of carbonyl (C=O) groups is 1. The van der Waals surface area contributed by atoms with Gasteiger partial charge in [0, 0.05) is 49.6 Å². The average Bonchev–Trinajstić information content (AvgIpc) is 2.80. The third kappa shape index (κ3) is 5.86. The summed E-state index contributed by atoms with van der Waals surface area (Å²) in [6, 6.07) is 19.2. The van der Waals surface area contributed by atoms with Crippen molar-refractivity contribution < 1.29 is 9.90 Å². The average molecular weight is 422 g/mol. The zero-order chi connectivity index (χ0) is 21.5. The topological polar surface area (TPSA) is 55.8 Å². The van der Waals surface area contributed by atoms with Crippen LogP contribution in [0.15, 0.2) is 54.6 Å². The quantitative estimate of drug-likeness (QED) is 0.706. The van der Waals surface area contributed by atoms with Gasteiger partial charge >= 0.3 is 0 Å². The lowest BCUT2D eigenvalue weighted by atomic mass is 9.98. The van der Waals surface area contributed by atoms with Gasteiger partial charge in [0.05, 0.1) is 0 Å². The molecule has 166 valence electrons. The molecule has 2 aromatic rings. The fourth-order valence-corrected chi connectivity index (χ4v) is 5.02. The van der Waals surface area contributed by atoms with E-state index in [4.69, 9.17) is 0 Å². The number of aliphatic hydroxyl groups is 1. The van der Waals surface area contributed by atoms with E-state index in [9.17, 15) is 9.90 Å². The van der Waals surface area contributed by atoms with Crippen molar-refractivity contribution in [1.29, 1.82) is 0 Å². The summed E-state index contributed by atoms with van der Waals surface area (Å²) < 4.78 is 0. The molecule has 31 heavy (non-hydrogen) atoms. The summed E-state index contributed by atoms with van der Waals surface area (Å²) >= 11 is 0. The number of amides is 1. The molecule has 2 aliphatic heterocycles. The van der Waals surface area contributed by atoms with Gasteiger partial charge in [-0.05, 0) is 68.8 Å². The molecule has 2 heterocycles. The maximum Gasteiger partial charge on any atom is 0.254 e. The van der Waals surface area contributed by atoms with Gasteiger partial charge in [-0.3, -0.25) is 9.69 Å². The second-order valence-corrected chi connectivity index (χ2v) is 8.95. The molecule has 0 unspecified atom stereocenters. The van der Waals surface area contributed by atoms with Crippen molar-refractivity contribution in [3.8, 4) is 0 Å². The molecule has 5 nitrogen and oxygen atoms in total. The SMILES string of the molecule is O=C(c1cccc(N[C@H]2CCCN(Cc3ccccc3)C2)c1)N1CCCC[C@@H]1CCO. The highest BCUT2D eigenvalue weighted by molar-refractivity contribution is 5.95. The Labute approximate surface area is 186 Å². The molecule has 2 atom stereocenters. The van der Waals surface area contributed by atoms with Gasteiger partial charge in [0.15, 0.2) is 0 Å². The summed E-state index contributed by atoms with van der Waals surface area (Å²) in [7, 11) is 0. The molecule has 1 amide bonds. The number of rotatable bonds is 7. The lowest BCUT2D eigenvalue weighted by Crippen LogP contribution is -2.44. The Morgan fingerprint density at radius 1 is 1.00 bits per heavy atom. The maximum atomic E-state index is 13.2. The number of nitrogens with zero attached hydrogens (tertiary/aromatic N) is 2. The third-order valence-electron chi connectivity index (χ3n) is 6.59. The Morgan fingerprint density at radius 2 is 1.87 bits per heavy atom. The lowest BCUT2D eigenvalue weighted by molar-refractivity contribution is 0.0574. The van der Waals surface area contributed by atoms with Crippen molar-refractivity contribution in [3.63, 3.8) is 0 Å². The van der Waals surface area contributed by atoms with Crippen molar-refractivity contribution >= 4 is 11.6 Å². The highest BCUT2D eigenvalue weighted by Gasteiger charge is 2.27. The van der Waals surface area contributed by atoms with Crippen molar-refractivity contribution in [2.75, 3.05) is 31.6 Å². The second-order valence-electron chi connectivity index (χ2n) is 8.95. The van der Waals surface area contributed by atoms with Crippen LogP contribution in [-0.4, -0.2) is 59.1 Å². The van der Waals surface area contributed by atoms with Gasteiger partial charge in [0.1, 0.15) is 0 Å². The van der Waals surface area contributed by atoms with Crippen LogP contribution in [0.2, 0.25) is 0 Å². The molecule has 2 saturated heterocycles. The van der Waals surface area contributed by atoms with Crippen molar-refractivity contribution in [2.45, 2.75) is 57.2 Å². The molecule has 2 aliphatic rings. The monoisotopic (exact) mass is 421 g/mol. The molecule has 0 radical (unpaired) electrons. The molecular formula is C26H35N3O2. The standard InChI is InChI=1S/C26H35N3O2/c30-17-14-25-13-4-5-16-29(25)26(31)22-10-6-11-23(18-22)27-24-12-7-15-28(20-24)19-21-8-2-1-3-9-21/h1-3,6,8-11,18,24-25,27,30H,4-5,7,12-17,19-20H2/t24-,25+/m0/s1. The minimum absolute atomic E-state index is 0.0937. The van der Waals surface area contributed by atoms with Gasteiger partial charge in [-0.1, -0.05) is 36.4 Å². The van der Waals surface area contributed by atoms with E-state index in [0.29, 0.717) is 12.5 Å². The highest BCUT2D eigenvalue weighted by Crippen LogP contribution is 2.24. The smallest absolute Gasteiger partial charge is 0.254 e. The van der Waals surface area contributed by atoms with E-state index >= 15 is 0 Å². The number of nitrogens with one attached hydrogen (secondary N) is 1. The molecule has 4 rings (SSSR count). The first-order valence-electron chi connectivity index (χ1n) is 11.8. The predicted octanol–water partition coefficient (Wildman–Crippen LogP) is 4.14. The van der Waals surface area contributed by atoms with Crippen LogP contribution in [0.1, 0.15) is 54.4 Å². The first kappa shape index (κ1) is 21.8. The Kier molecular flexibility index (Phi) is 7.60. The van der Waals surface area contributed by atoms with E-state index in [0.717, 1.165) is 63.1 Å². The third-order valence-corrected chi connectivity index (χ3v) is 6.59. The number of aliphatic hydroxyl groups excluding tert-OH is 1. The molecule has 0 bridgehead atoms. The van der Waals surface area contributed by atoms with Crippen LogP contribution in [-0.2, 0) is 6.54 Å². The first-order valence-corrected chi connectivity index (χ1v) is 11.8. The largest absolute Gasteiger partial charge is 0.396 e. The van der Waals surface area contributed by atoms with E-state index in [1.165, 1.54) is 12.0 Å². The second kappa shape index (κ2) is 10.8. The van der Waals surface area contributed by atoms with Gasteiger partial charge in [-0.15, -0.1) is 0 Å². The summed E-state index contributed by atoms with van der Waals surface area (Å²) in [5.41, 5.74) is 3.12. The van der Waals surface area contributed by atoms with Crippen molar-refractivity contribution in [2.24, 2.45) is 0 Å². The molecule has 0 aliphatic carbocycles. The van der Waals surface area contributed by atoms with Crippen LogP contribution in [0.4, 0.5) is 5.69 Å². The maximum absolute atomic E-state index is 13.2. The predicted molar refractivity (Wildman–Crippen MR) is 125 cm³/mol. The number of carbonyl (C=O) groups excluding carboxylic acids is 1. The molecule has 0 saturated carbocycles. The van der Waals surface area contributed by atoms with E-state index in [2.05, 4.69) is 46.6 Å². The Hall–Kier alpha value is -2.37. The van der Waals surface area contributed by atoms with Crippen LogP contribution in [0.3, 0.4) is 0 Å². The van der Waals surface area contributed by atoms with Crippen molar-refractivity contribution in [3.05, 3.63) is 65.7 Å². The number of hydrogen-bond acceptors (Lipinski definition) is 4. The van der Waals surface area contributed by atoms with Gasteiger partial charge in [0.25, 0.3) is 5.91 Å². The van der Waals surface area contributed by atoms with Crippen LogP contribution >= 0.6 is 0 Å². The molecule has 2 N–H and O–H groups in total. The fraction of sp³-hybridized carbons (Fsp3) is 0.500. The minimum Gasteiger partial charge on any atom is -0.396 e. The van der Waals surface area contributed by atoms with Gasteiger partial charge in [0.2, 0.25) is 0 Å². The normalized spacial score (nSPS) is 22.3. The highest BCUT2D eigenvalue weighted by atomic mass is 16.3. The molecular weight excluding hydrogens is 386 g/mol. The zero-order valence-corrected chi connectivity index (χ0v) is 18.4. The van der Waals surface area contributed by atoms with Gasteiger partial charge < -0.3 is 15.3 Å². The molecule has 2 fully saturated rings. The van der Waals surface area contributed by atoms with E-state index < -0.39 is 0 Å². The Balaban J connectivity index is 1.38. The summed E-state index contributed by atoms with van der Waals surface area (Å²) in [5, 5.41) is 13.1. The number of anilines is 1. The fourth-order valence-electron chi connectivity index (χ4n) is 5.02. The number of hydrogen-bond donors (Lipinski definition) is 2. The Bertz CT molecular complexity index is 840. The number of likely N-dealkylation sites (tertiary alicyclic amines) is 2. The molecule has 2 aromatic carbocycles. The molecule has 0 spiro atoms. The van der Waals surface area contributed by atoms with Crippen LogP contribution in [0.25, 0.3) is 0 Å². The summed E-state index contributed by atoms with van der Waals surface area (Å²) in [6.45, 7) is 4.05. The molecule has 5 heteroatoms. The Morgan fingerprint density at radius 3 is 2.71 bits per heavy atom. The number of benzene rings is 2. The molecule has 0 aromatic heterocycles. The van der Waals surface area contributed by atoms with Gasteiger partial charge in [-0.25, -0.2) is 0 Å². The van der Waals surface area contributed by atoms with E-state index in [1.807, 2.05) is 23.1 Å². The first-order chi connectivity index (χ1) is 15.2. The van der Waals surface area contributed by atoms with Crippen LogP contribution in [0, 0.1) is 0 Å². The lowest BCUT2D eigenvalue weighted by Gasteiger charge is -2.36. The van der Waals surface area contributed by atoms with E-state index in [1.54, 1.807) is 0 Å². The summed E-state index contributed by atoms with van der Waals surface area (Å²) in [6.07, 6.45) is 6.17. The zero-order valence-electron chi connectivity index (χ0n) is 18.4. The number of piperidine rings is 2. The van der Waals surface area contributed by atoms with Crippen molar-refractivity contribution in [1.82, 2.24) is 9.80 Å². The summed E-state index contributed by atoms with van der Waals surface area (Å²) in [4.78, 5) is 17.7. The van der Waals surface area contributed by atoms with Crippen LogP contribution < -0.4 is 5.32 Å². The minimum atomic E-state index is 0.0937. The van der Waals surface area contributed by atoms with Gasteiger partial charge in [-0.2, -0.15) is 0 Å².